The Morgan fingerprint density at radius 2 is 1.95 bits per heavy atom. The van der Waals surface area contributed by atoms with Crippen molar-refractivity contribution in [2.24, 2.45) is 30.0 Å². The van der Waals surface area contributed by atoms with Gasteiger partial charge in [0.05, 0.1) is 17.3 Å². The molecule has 5 atom stereocenters. The van der Waals surface area contributed by atoms with Crippen LogP contribution in [-0.4, -0.2) is 61.0 Å². The zero-order valence-corrected chi connectivity index (χ0v) is 24.1. The monoisotopic (exact) mass is 550 g/mol. The standard InChI is InChI=1S/C29H38N6O3S/c1-28(2)7-6-17(24(36)11-28)20-8-16(29(3,4)30)9-25(32-20)38-26-18-12-35(13-19(18)26)27(37)23-10-21(33-34(23)5)22-14-39-15-31-22/h8-10,14-15,17-19,24,26,36H,6-7,11-13,30H2,1-5H3/t17?,18-,19+,24?,26?. The third-order valence-electron chi connectivity index (χ3n) is 8.76. The minimum Gasteiger partial charge on any atom is -0.474 e. The molecule has 3 unspecified atom stereocenters. The Bertz CT molecular complexity index is 1370. The van der Waals surface area contributed by atoms with Gasteiger partial charge in [-0.15, -0.1) is 11.3 Å². The summed E-state index contributed by atoms with van der Waals surface area (Å²) in [7, 11) is 1.80. The van der Waals surface area contributed by atoms with Crippen molar-refractivity contribution in [1.82, 2.24) is 24.6 Å². The summed E-state index contributed by atoms with van der Waals surface area (Å²) in [5.74, 6) is 1.08. The minimum absolute atomic E-state index is 0.0149. The predicted molar refractivity (Wildman–Crippen MR) is 149 cm³/mol. The highest BCUT2D eigenvalue weighted by molar-refractivity contribution is 7.07. The van der Waals surface area contributed by atoms with Crippen LogP contribution >= 0.6 is 11.3 Å². The molecule has 208 valence electrons. The summed E-state index contributed by atoms with van der Waals surface area (Å²) in [6, 6.07) is 5.80. The first kappa shape index (κ1) is 26.4. The predicted octanol–water partition coefficient (Wildman–Crippen LogP) is 3.94. The maximum Gasteiger partial charge on any atom is 0.272 e. The van der Waals surface area contributed by atoms with Gasteiger partial charge in [-0.05, 0) is 56.2 Å². The number of fused-ring (bicyclic) bond motifs is 1. The number of piperidine rings is 1. The van der Waals surface area contributed by atoms with E-state index in [1.165, 1.54) is 11.3 Å². The van der Waals surface area contributed by atoms with Crippen LogP contribution in [0.5, 0.6) is 5.88 Å². The van der Waals surface area contributed by atoms with Gasteiger partial charge in [0.25, 0.3) is 5.91 Å². The number of ether oxygens (including phenoxy) is 1. The maximum absolute atomic E-state index is 13.3. The lowest BCUT2D eigenvalue weighted by atomic mass is 9.70. The first-order valence-corrected chi connectivity index (χ1v) is 14.7. The molecule has 0 bridgehead atoms. The lowest BCUT2D eigenvalue weighted by Crippen LogP contribution is -2.35. The Kier molecular flexibility index (Phi) is 6.35. The molecule has 0 radical (unpaired) electrons. The van der Waals surface area contributed by atoms with E-state index in [0.717, 1.165) is 36.2 Å². The van der Waals surface area contributed by atoms with Gasteiger partial charge >= 0.3 is 0 Å². The number of aromatic nitrogens is 4. The molecule has 1 amide bonds. The van der Waals surface area contributed by atoms with Crippen LogP contribution in [0.15, 0.2) is 29.1 Å². The average molecular weight is 551 g/mol. The Balaban J connectivity index is 1.14. The molecule has 4 heterocycles. The quantitative estimate of drug-likeness (QED) is 0.477. The van der Waals surface area contributed by atoms with Crippen molar-refractivity contribution in [3.63, 3.8) is 0 Å². The number of nitrogens with zero attached hydrogens (tertiary/aromatic N) is 5. The summed E-state index contributed by atoms with van der Waals surface area (Å²) < 4.78 is 8.08. The molecule has 3 N–H and O–H groups in total. The van der Waals surface area contributed by atoms with Gasteiger partial charge in [-0.1, -0.05) is 13.8 Å². The Labute approximate surface area is 233 Å². The van der Waals surface area contributed by atoms with Crippen molar-refractivity contribution in [2.75, 3.05) is 13.1 Å². The maximum atomic E-state index is 13.3. The first-order valence-electron chi connectivity index (χ1n) is 13.8. The van der Waals surface area contributed by atoms with Gasteiger partial charge in [0.15, 0.2) is 0 Å². The number of hydrogen-bond acceptors (Lipinski definition) is 8. The summed E-state index contributed by atoms with van der Waals surface area (Å²) in [6.07, 6.45) is 2.27. The number of amides is 1. The summed E-state index contributed by atoms with van der Waals surface area (Å²) in [6.45, 7) is 9.67. The highest BCUT2D eigenvalue weighted by Gasteiger charge is 2.59. The van der Waals surface area contributed by atoms with Crippen LogP contribution in [0.3, 0.4) is 0 Å². The fourth-order valence-corrected chi connectivity index (χ4v) is 6.83. The molecule has 10 heteroatoms. The van der Waals surface area contributed by atoms with Crippen LogP contribution in [0, 0.1) is 17.3 Å². The topological polar surface area (TPSA) is 119 Å². The van der Waals surface area contributed by atoms with Crippen LogP contribution < -0.4 is 10.5 Å². The van der Waals surface area contributed by atoms with E-state index in [4.69, 9.17) is 15.5 Å². The van der Waals surface area contributed by atoms with Gasteiger partial charge < -0.3 is 20.5 Å². The SMILES string of the molecule is Cn1nc(-c2cscn2)cc1C(=O)N1C[C@@H]2C(Oc3cc(C(C)(C)N)cc(C4CCC(C)(C)CC4O)n3)[C@@H]2C1. The van der Waals surface area contributed by atoms with E-state index in [2.05, 4.69) is 23.9 Å². The molecule has 1 aliphatic heterocycles. The number of carbonyl (C=O) groups excluding carboxylic acids is 1. The number of nitrogens with two attached hydrogens (primary N) is 1. The largest absolute Gasteiger partial charge is 0.474 e. The van der Waals surface area contributed by atoms with E-state index in [-0.39, 0.29) is 35.2 Å². The molecule has 3 aromatic heterocycles. The van der Waals surface area contributed by atoms with E-state index < -0.39 is 11.6 Å². The van der Waals surface area contributed by atoms with Gasteiger partial charge in [-0.2, -0.15) is 5.10 Å². The highest BCUT2D eigenvalue weighted by Crippen LogP contribution is 2.49. The number of aliphatic hydroxyl groups is 1. The van der Waals surface area contributed by atoms with Crippen LogP contribution in [0.1, 0.15) is 74.6 Å². The molecule has 39 heavy (non-hydrogen) atoms. The second-order valence-corrected chi connectivity index (χ2v) is 13.7. The van der Waals surface area contributed by atoms with Gasteiger partial charge in [0.1, 0.15) is 23.2 Å². The Morgan fingerprint density at radius 3 is 2.59 bits per heavy atom. The van der Waals surface area contributed by atoms with Crippen molar-refractivity contribution in [3.8, 4) is 17.3 Å². The van der Waals surface area contributed by atoms with Crippen molar-refractivity contribution < 1.29 is 14.6 Å². The van der Waals surface area contributed by atoms with Crippen molar-refractivity contribution in [2.45, 2.75) is 70.6 Å². The fourth-order valence-electron chi connectivity index (χ4n) is 6.29. The average Bonchev–Trinajstić information content (AvgIpc) is 3.36. The zero-order valence-electron chi connectivity index (χ0n) is 23.3. The molecule has 1 saturated heterocycles. The molecule has 0 spiro atoms. The summed E-state index contributed by atoms with van der Waals surface area (Å²) in [5, 5.41) is 17.4. The number of rotatable bonds is 6. The molecule has 3 fully saturated rings. The van der Waals surface area contributed by atoms with E-state index in [1.54, 1.807) is 17.2 Å². The van der Waals surface area contributed by atoms with E-state index in [0.29, 0.717) is 30.4 Å². The molecule has 2 aliphatic carbocycles. The molecule has 3 aromatic rings. The van der Waals surface area contributed by atoms with E-state index in [1.807, 2.05) is 42.3 Å². The fraction of sp³-hybridized carbons (Fsp3) is 0.586. The molecule has 0 aromatic carbocycles. The Hall–Kier alpha value is -2.82. The third kappa shape index (κ3) is 5.10. The number of aryl methyl sites for hydroxylation is 1. The molecular formula is C29H38N6O3S. The summed E-state index contributed by atoms with van der Waals surface area (Å²) in [5.41, 5.74) is 11.7. The molecule has 9 nitrogen and oxygen atoms in total. The summed E-state index contributed by atoms with van der Waals surface area (Å²) in [4.78, 5) is 24.4. The molecule has 2 saturated carbocycles. The van der Waals surface area contributed by atoms with Gasteiger partial charge in [-0.3, -0.25) is 9.48 Å². The van der Waals surface area contributed by atoms with E-state index in [9.17, 15) is 9.90 Å². The normalized spacial score (nSPS) is 27.9. The second-order valence-electron chi connectivity index (χ2n) is 13.0. The lowest BCUT2D eigenvalue weighted by molar-refractivity contribution is 0.0445. The minimum atomic E-state index is -0.558. The molecule has 3 aliphatic rings. The van der Waals surface area contributed by atoms with Gasteiger partial charge in [-0.25, -0.2) is 9.97 Å². The number of aliphatic hydroxyl groups excluding tert-OH is 1. The number of likely N-dealkylation sites (tertiary alicyclic amines) is 1. The van der Waals surface area contributed by atoms with Crippen molar-refractivity contribution >= 4 is 17.2 Å². The second kappa shape index (κ2) is 9.38. The number of thiazole rings is 1. The van der Waals surface area contributed by atoms with Gasteiger partial charge in [0.2, 0.25) is 5.88 Å². The third-order valence-corrected chi connectivity index (χ3v) is 9.34. The van der Waals surface area contributed by atoms with E-state index >= 15 is 0 Å². The highest BCUT2D eigenvalue weighted by atomic mass is 32.1. The molecule has 6 rings (SSSR count). The van der Waals surface area contributed by atoms with Crippen molar-refractivity contribution in [1.29, 1.82) is 0 Å². The zero-order chi connectivity index (χ0) is 27.7. The van der Waals surface area contributed by atoms with Crippen LogP contribution in [-0.2, 0) is 12.6 Å². The first-order chi connectivity index (χ1) is 18.4. The smallest absolute Gasteiger partial charge is 0.272 e. The summed E-state index contributed by atoms with van der Waals surface area (Å²) >= 11 is 1.51. The Morgan fingerprint density at radius 1 is 1.21 bits per heavy atom. The van der Waals surface area contributed by atoms with Crippen LogP contribution in [0.25, 0.3) is 11.4 Å². The van der Waals surface area contributed by atoms with Crippen LogP contribution in [0.2, 0.25) is 0 Å². The number of hydrogen-bond donors (Lipinski definition) is 2. The van der Waals surface area contributed by atoms with Crippen molar-refractivity contribution in [3.05, 3.63) is 46.0 Å². The van der Waals surface area contributed by atoms with Crippen LogP contribution in [0.4, 0.5) is 0 Å². The number of carbonyl (C=O) groups is 1. The number of pyridine rings is 1. The lowest BCUT2D eigenvalue weighted by Gasteiger charge is -2.38. The molecular weight excluding hydrogens is 512 g/mol. The van der Waals surface area contributed by atoms with Gasteiger partial charge in [0, 0.05) is 54.9 Å².